The number of nitrogens with two attached hydrogens (primary N) is 1. The Hall–Kier alpha value is -1.42. The van der Waals surface area contributed by atoms with Crippen molar-refractivity contribution in [1.82, 2.24) is 9.55 Å². The van der Waals surface area contributed by atoms with Gasteiger partial charge in [0.2, 0.25) is 0 Å². The third-order valence-corrected chi connectivity index (χ3v) is 4.64. The molecule has 1 aromatic carbocycles. The van der Waals surface area contributed by atoms with Crippen LogP contribution in [0, 0.1) is 11.7 Å². The molecule has 2 aromatic rings. The molecule has 3 nitrogen and oxygen atoms in total. The number of aryl methyl sites for hydroxylation is 1. The molecule has 1 fully saturated rings. The van der Waals surface area contributed by atoms with Crippen molar-refractivity contribution in [2.45, 2.75) is 51.6 Å². The molecule has 108 valence electrons. The van der Waals surface area contributed by atoms with E-state index < -0.39 is 0 Å². The second-order valence-corrected chi connectivity index (χ2v) is 6.15. The van der Waals surface area contributed by atoms with E-state index in [1.54, 1.807) is 12.1 Å². The van der Waals surface area contributed by atoms with Gasteiger partial charge in [-0.1, -0.05) is 6.92 Å². The van der Waals surface area contributed by atoms with Crippen molar-refractivity contribution in [3.05, 3.63) is 29.8 Å². The van der Waals surface area contributed by atoms with Crippen LogP contribution in [-0.2, 0) is 12.1 Å². The number of benzene rings is 1. The number of hydrogen-bond acceptors (Lipinski definition) is 2. The Bertz CT molecular complexity index is 624. The molecule has 0 aliphatic heterocycles. The van der Waals surface area contributed by atoms with Gasteiger partial charge in [-0.05, 0) is 56.7 Å². The Kier molecular flexibility index (Phi) is 3.28. The van der Waals surface area contributed by atoms with Crippen molar-refractivity contribution < 1.29 is 4.39 Å². The number of halogens is 1. The van der Waals surface area contributed by atoms with E-state index in [1.165, 1.54) is 6.07 Å². The minimum Gasteiger partial charge on any atom is -0.327 e. The molecule has 20 heavy (non-hydrogen) atoms. The highest BCUT2D eigenvalue weighted by Crippen LogP contribution is 2.38. The Morgan fingerprint density at radius 3 is 2.75 bits per heavy atom. The normalized spacial score (nSPS) is 27.1. The quantitative estimate of drug-likeness (QED) is 0.910. The summed E-state index contributed by atoms with van der Waals surface area (Å²) in [6.07, 6.45) is 4.19. The highest BCUT2D eigenvalue weighted by Gasteiger charge is 2.36. The van der Waals surface area contributed by atoms with Gasteiger partial charge in [-0.3, -0.25) is 0 Å². The van der Waals surface area contributed by atoms with E-state index in [-0.39, 0.29) is 11.4 Å². The van der Waals surface area contributed by atoms with Crippen LogP contribution >= 0.6 is 0 Å². The fourth-order valence-electron chi connectivity index (χ4n) is 3.30. The van der Waals surface area contributed by atoms with E-state index in [1.807, 2.05) is 0 Å². The zero-order valence-electron chi connectivity index (χ0n) is 12.2. The molecule has 1 aromatic heterocycles. The van der Waals surface area contributed by atoms with Crippen LogP contribution in [0.1, 0.15) is 45.4 Å². The van der Waals surface area contributed by atoms with E-state index in [4.69, 9.17) is 10.7 Å². The average molecular weight is 275 g/mol. The van der Waals surface area contributed by atoms with Crippen molar-refractivity contribution in [2.75, 3.05) is 0 Å². The molecule has 0 atom stereocenters. The number of hydrogen-bond donors (Lipinski definition) is 1. The number of aromatic nitrogens is 2. The molecule has 1 aliphatic rings. The molecule has 1 aliphatic carbocycles. The van der Waals surface area contributed by atoms with Gasteiger partial charge in [0.1, 0.15) is 11.6 Å². The first-order valence-electron chi connectivity index (χ1n) is 7.48. The van der Waals surface area contributed by atoms with Gasteiger partial charge in [0.05, 0.1) is 16.6 Å². The van der Waals surface area contributed by atoms with Crippen molar-refractivity contribution in [1.29, 1.82) is 0 Å². The smallest absolute Gasteiger partial charge is 0.130 e. The lowest BCUT2D eigenvalue weighted by Crippen LogP contribution is -2.42. The maximum absolute atomic E-state index is 13.5. The minimum absolute atomic E-state index is 0.220. The van der Waals surface area contributed by atoms with E-state index in [0.29, 0.717) is 0 Å². The van der Waals surface area contributed by atoms with E-state index >= 15 is 0 Å². The highest BCUT2D eigenvalue weighted by molar-refractivity contribution is 5.76. The van der Waals surface area contributed by atoms with Crippen LogP contribution < -0.4 is 5.73 Å². The summed E-state index contributed by atoms with van der Waals surface area (Å²) in [5.41, 5.74) is 7.97. The van der Waals surface area contributed by atoms with E-state index in [0.717, 1.165) is 55.0 Å². The molecule has 2 N–H and O–H groups in total. The van der Waals surface area contributed by atoms with Crippen molar-refractivity contribution >= 4 is 11.0 Å². The van der Waals surface area contributed by atoms with Gasteiger partial charge in [-0.25, -0.2) is 9.37 Å². The fourth-order valence-corrected chi connectivity index (χ4v) is 3.30. The summed E-state index contributed by atoms with van der Waals surface area (Å²) < 4.78 is 15.6. The maximum atomic E-state index is 13.5. The minimum atomic E-state index is -0.363. The topological polar surface area (TPSA) is 43.8 Å². The Labute approximate surface area is 119 Å². The van der Waals surface area contributed by atoms with Gasteiger partial charge in [-0.2, -0.15) is 0 Å². The van der Waals surface area contributed by atoms with Crippen LogP contribution in [-0.4, -0.2) is 9.55 Å². The van der Waals surface area contributed by atoms with Gasteiger partial charge in [0.25, 0.3) is 0 Å². The van der Waals surface area contributed by atoms with Gasteiger partial charge >= 0.3 is 0 Å². The molecule has 0 spiro atoms. The number of nitrogens with zero attached hydrogens (tertiary/aromatic N) is 2. The predicted octanol–water partition coefficient (Wildman–Crippen LogP) is 3.56. The summed E-state index contributed by atoms with van der Waals surface area (Å²) in [4.78, 5) is 4.72. The summed E-state index contributed by atoms with van der Waals surface area (Å²) in [6.45, 7) is 5.10. The van der Waals surface area contributed by atoms with Crippen LogP contribution in [0.25, 0.3) is 11.0 Å². The van der Waals surface area contributed by atoms with Crippen molar-refractivity contribution in [2.24, 2.45) is 11.7 Å². The lowest BCUT2D eigenvalue weighted by molar-refractivity contribution is 0.232. The third-order valence-electron chi connectivity index (χ3n) is 4.64. The van der Waals surface area contributed by atoms with Gasteiger partial charge in [-0.15, -0.1) is 0 Å². The van der Waals surface area contributed by atoms with E-state index in [9.17, 15) is 4.39 Å². The standard InChI is InChI=1S/C16H22FN3/c1-3-20-14-10-12(17)4-5-13(14)19-15(20)16(18)8-6-11(2)7-9-16/h4-5,10-11H,3,6-9,18H2,1-2H3. The van der Waals surface area contributed by atoms with Crippen LogP contribution in [0.15, 0.2) is 18.2 Å². The molecule has 0 radical (unpaired) electrons. The average Bonchev–Trinajstić information content (AvgIpc) is 2.80. The maximum Gasteiger partial charge on any atom is 0.130 e. The zero-order chi connectivity index (χ0) is 14.3. The molecule has 0 saturated heterocycles. The lowest BCUT2D eigenvalue weighted by atomic mass is 9.77. The molecule has 3 rings (SSSR count). The fraction of sp³-hybridized carbons (Fsp3) is 0.562. The number of imidazole rings is 1. The molecule has 0 bridgehead atoms. The summed E-state index contributed by atoms with van der Waals surface area (Å²) in [7, 11) is 0. The van der Waals surface area contributed by atoms with Gasteiger partial charge in [0, 0.05) is 6.54 Å². The first kappa shape index (κ1) is 13.6. The van der Waals surface area contributed by atoms with Gasteiger partial charge < -0.3 is 10.3 Å². The largest absolute Gasteiger partial charge is 0.327 e. The Morgan fingerprint density at radius 2 is 2.10 bits per heavy atom. The van der Waals surface area contributed by atoms with Crippen LogP contribution in [0.3, 0.4) is 0 Å². The molecule has 4 heteroatoms. The second-order valence-electron chi connectivity index (χ2n) is 6.15. The molecule has 0 amide bonds. The van der Waals surface area contributed by atoms with Crippen LogP contribution in [0.5, 0.6) is 0 Å². The SMILES string of the molecule is CCn1c(C2(N)CCC(C)CC2)nc2ccc(F)cc21. The second kappa shape index (κ2) is 4.85. The monoisotopic (exact) mass is 275 g/mol. The summed E-state index contributed by atoms with van der Waals surface area (Å²) >= 11 is 0. The molecular weight excluding hydrogens is 253 g/mol. The Balaban J connectivity index is 2.11. The van der Waals surface area contributed by atoms with Crippen LogP contribution in [0.2, 0.25) is 0 Å². The first-order valence-corrected chi connectivity index (χ1v) is 7.48. The number of rotatable bonds is 2. The van der Waals surface area contributed by atoms with Crippen LogP contribution in [0.4, 0.5) is 4.39 Å². The third kappa shape index (κ3) is 2.12. The van der Waals surface area contributed by atoms with Gasteiger partial charge in [0.15, 0.2) is 0 Å². The molecule has 1 heterocycles. The van der Waals surface area contributed by atoms with E-state index in [2.05, 4.69) is 18.4 Å². The summed E-state index contributed by atoms with van der Waals surface area (Å²) in [5.74, 6) is 1.44. The highest BCUT2D eigenvalue weighted by atomic mass is 19.1. The lowest BCUT2D eigenvalue weighted by Gasteiger charge is -2.35. The van der Waals surface area contributed by atoms with Crippen molar-refractivity contribution in [3.8, 4) is 0 Å². The Morgan fingerprint density at radius 1 is 1.40 bits per heavy atom. The summed E-state index contributed by atoms with van der Waals surface area (Å²) in [6, 6.07) is 4.77. The molecular formula is C16H22FN3. The predicted molar refractivity (Wildman–Crippen MR) is 78.9 cm³/mol. The molecule has 1 saturated carbocycles. The first-order chi connectivity index (χ1) is 9.53. The zero-order valence-corrected chi connectivity index (χ0v) is 12.2. The number of fused-ring (bicyclic) bond motifs is 1. The van der Waals surface area contributed by atoms with Crippen molar-refractivity contribution in [3.63, 3.8) is 0 Å². The molecule has 0 unspecified atom stereocenters. The summed E-state index contributed by atoms with van der Waals surface area (Å²) in [5, 5.41) is 0.